The topological polar surface area (TPSA) is 6.25 Å². The molecule has 0 amide bonds. The third-order valence-electron chi connectivity index (χ3n) is 8.37. The average molecular weight is 608 g/mol. The molecule has 2 aromatic rings. The van der Waals surface area contributed by atoms with Crippen molar-refractivity contribution >= 4 is 40.5 Å². The third-order valence-corrected chi connectivity index (χ3v) is 10.3. The predicted molar refractivity (Wildman–Crippen MR) is 157 cm³/mol. The molecular formula is C31H29F6N2S2+. The molecule has 2 aromatic carbocycles. The first kappa shape index (κ1) is 28.5. The predicted octanol–water partition coefficient (Wildman–Crippen LogP) is 7.42. The van der Waals surface area contributed by atoms with Gasteiger partial charge in [-0.25, -0.2) is 4.58 Å². The summed E-state index contributed by atoms with van der Waals surface area (Å²) in [5.41, 5.74) is -3.15. The minimum atomic E-state index is -5.64. The quantitative estimate of drug-likeness (QED) is 0.259. The third kappa shape index (κ3) is 4.65. The van der Waals surface area contributed by atoms with Crippen LogP contribution in [0.1, 0.15) is 22.3 Å². The number of thioether (sulfide) groups is 2. The van der Waals surface area contributed by atoms with Crippen LogP contribution in [0.25, 0.3) is 5.57 Å². The van der Waals surface area contributed by atoms with Crippen LogP contribution in [-0.2, 0) is 5.41 Å². The first-order valence-corrected chi connectivity index (χ1v) is 15.9. The van der Waals surface area contributed by atoms with Gasteiger partial charge in [0.2, 0.25) is 5.41 Å². The molecule has 2 aliphatic heterocycles. The van der Waals surface area contributed by atoms with Gasteiger partial charge in [-0.15, -0.1) is 11.8 Å². The zero-order valence-corrected chi connectivity index (χ0v) is 24.0. The molecule has 6 rings (SSSR count). The Morgan fingerprint density at radius 3 is 2.12 bits per heavy atom. The average Bonchev–Trinajstić information content (AvgIpc) is 2.95. The standard InChI is InChI=1S/C31H29F6N2S2/c1-20-4-2-3-5-23(20)28-24-8-6-21(38-10-14-40-15-11-38)18-26(24)29(30(32,33)34,31(35,36)37)27-19-22(7-9-25(27)28)39-12-16-41-17-13-39/h2-9,18-19H,10-17H2,1H3/q+1. The smallest absolute Gasteiger partial charge is 0.370 e. The number of benzene rings is 2. The van der Waals surface area contributed by atoms with Crippen molar-refractivity contribution in [1.82, 2.24) is 0 Å². The lowest BCUT2D eigenvalue weighted by Gasteiger charge is -2.45. The van der Waals surface area contributed by atoms with Crippen molar-refractivity contribution in [3.63, 3.8) is 0 Å². The highest BCUT2D eigenvalue weighted by Crippen LogP contribution is 2.63. The second-order valence-corrected chi connectivity index (χ2v) is 13.0. The van der Waals surface area contributed by atoms with E-state index in [1.165, 1.54) is 12.1 Å². The number of allylic oxidation sites excluding steroid dienone is 5. The lowest BCUT2D eigenvalue weighted by atomic mass is 9.61. The van der Waals surface area contributed by atoms with Crippen molar-refractivity contribution in [1.29, 1.82) is 0 Å². The number of hydrogen-bond acceptors (Lipinski definition) is 3. The van der Waals surface area contributed by atoms with E-state index in [0.717, 1.165) is 40.7 Å². The Morgan fingerprint density at radius 2 is 1.46 bits per heavy atom. The van der Waals surface area contributed by atoms with E-state index in [1.807, 2.05) is 28.5 Å². The van der Waals surface area contributed by atoms with Gasteiger partial charge in [0.25, 0.3) is 0 Å². The molecule has 0 radical (unpaired) electrons. The van der Waals surface area contributed by atoms with E-state index in [4.69, 9.17) is 0 Å². The molecular weight excluding hydrogens is 578 g/mol. The van der Waals surface area contributed by atoms with Crippen LogP contribution in [0.4, 0.5) is 32.0 Å². The molecule has 10 heteroatoms. The van der Waals surface area contributed by atoms with Gasteiger partial charge in [-0.1, -0.05) is 30.3 Å². The van der Waals surface area contributed by atoms with Crippen LogP contribution in [0.15, 0.2) is 71.8 Å². The van der Waals surface area contributed by atoms with Gasteiger partial charge in [-0.2, -0.15) is 38.1 Å². The zero-order valence-electron chi connectivity index (χ0n) is 22.4. The lowest BCUT2D eigenvalue weighted by Crippen LogP contribution is -2.57. The highest BCUT2D eigenvalue weighted by molar-refractivity contribution is 7.99. The van der Waals surface area contributed by atoms with Gasteiger partial charge in [0.15, 0.2) is 18.8 Å². The van der Waals surface area contributed by atoms with Crippen LogP contribution in [0.5, 0.6) is 0 Å². The molecule has 4 aliphatic rings. The van der Waals surface area contributed by atoms with Gasteiger partial charge in [0, 0.05) is 42.4 Å². The Hall–Kier alpha value is -2.59. The Bertz CT molecular complexity index is 1470. The van der Waals surface area contributed by atoms with Crippen LogP contribution in [0, 0.1) is 6.92 Å². The number of anilines is 1. The first-order chi connectivity index (χ1) is 19.5. The summed E-state index contributed by atoms with van der Waals surface area (Å²) in [5.74, 6) is 3.06. The van der Waals surface area contributed by atoms with Gasteiger partial charge >= 0.3 is 12.4 Å². The summed E-state index contributed by atoms with van der Waals surface area (Å²) in [4.78, 5) is 1.89. The number of aryl methyl sites for hydroxylation is 1. The van der Waals surface area contributed by atoms with Crippen molar-refractivity contribution in [2.24, 2.45) is 0 Å². The summed E-state index contributed by atoms with van der Waals surface area (Å²) < 4.78 is 94.5. The second kappa shape index (κ2) is 10.6. The second-order valence-electron chi connectivity index (χ2n) is 10.6. The SMILES string of the molecule is Cc1ccccc1C1=C2C=CC(=[N+]3CCSCC3)C=C2C(C(F)(F)F)(C(F)(F)F)c2cc(N3CCSCC3)ccc21. The molecule has 0 aromatic heterocycles. The molecule has 0 saturated carbocycles. The molecule has 2 aliphatic carbocycles. The van der Waals surface area contributed by atoms with Gasteiger partial charge in [-0.3, -0.25) is 0 Å². The van der Waals surface area contributed by atoms with Crippen LogP contribution >= 0.6 is 23.5 Å². The fourth-order valence-corrected chi connectivity index (χ4v) is 8.17. The minimum absolute atomic E-state index is 0.0290. The number of alkyl halides is 6. The summed E-state index contributed by atoms with van der Waals surface area (Å²) in [6.07, 6.45) is -6.97. The maximum Gasteiger partial charge on any atom is 0.411 e. The lowest BCUT2D eigenvalue weighted by molar-refractivity contribution is -0.519. The number of hydrogen-bond donors (Lipinski definition) is 0. The number of halogens is 6. The Labute approximate surface area is 243 Å². The molecule has 2 saturated heterocycles. The molecule has 2 heterocycles. The van der Waals surface area contributed by atoms with E-state index in [9.17, 15) is 0 Å². The molecule has 0 spiro atoms. The van der Waals surface area contributed by atoms with Crippen molar-refractivity contribution in [3.05, 3.63) is 94.1 Å². The van der Waals surface area contributed by atoms with Gasteiger partial charge in [0.1, 0.15) is 0 Å². The first-order valence-electron chi connectivity index (χ1n) is 13.6. The Balaban J connectivity index is 1.73. The van der Waals surface area contributed by atoms with Crippen molar-refractivity contribution in [2.45, 2.75) is 24.7 Å². The van der Waals surface area contributed by atoms with Crippen molar-refractivity contribution < 1.29 is 30.9 Å². The van der Waals surface area contributed by atoms with Crippen LogP contribution in [-0.4, -0.2) is 71.8 Å². The maximum absolute atomic E-state index is 15.4. The van der Waals surface area contributed by atoms with Crippen molar-refractivity contribution in [2.75, 3.05) is 54.1 Å². The molecule has 0 bridgehead atoms. The van der Waals surface area contributed by atoms with E-state index < -0.39 is 28.9 Å². The summed E-state index contributed by atoms with van der Waals surface area (Å²) in [5, 5.41) is 0. The molecule has 2 nitrogen and oxygen atoms in total. The summed E-state index contributed by atoms with van der Waals surface area (Å²) in [6.45, 7) is 4.09. The minimum Gasteiger partial charge on any atom is -0.370 e. The number of fused-ring (bicyclic) bond motifs is 2. The van der Waals surface area contributed by atoms with Gasteiger partial charge in [0.05, 0.1) is 11.5 Å². The van der Waals surface area contributed by atoms with Gasteiger partial charge < -0.3 is 4.90 Å². The van der Waals surface area contributed by atoms with Crippen LogP contribution in [0.3, 0.4) is 0 Å². The molecule has 2 fully saturated rings. The normalized spacial score (nSPS) is 21.0. The molecule has 216 valence electrons. The number of nitrogens with zero attached hydrogens (tertiary/aromatic N) is 2. The Morgan fingerprint density at radius 1 is 0.805 bits per heavy atom. The highest BCUT2D eigenvalue weighted by Gasteiger charge is 2.75. The summed E-state index contributed by atoms with van der Waals surface area (Å²) >= 11 is 3.45. The largest absolute Gasteiger partial charge is 0.411 e. The highest BCUT2D eigenvalue weighted by atomic mass is 32.2. The Kier molecular flexibility index (Phi) is 7.37. The maximum atomic E-state index is 15.4. The summed E-state index contributed by atoms with van der Waals surface area (Å²) in [7, 11) is 0. The monoisotopic (exact) mass is 607 g/mol. The van der Waals surface area contributed by atoms with Crippen molar-refractivity contribution in [3.8, 4) is 0 Å². The van der Waals surface area contributed by atoms with Crippen LogP contribution in [0.2, 0.25) is 0 Å². The van der Waals surface area contributed by atoms with E-state index >= 15 is 26.3 Å². The van der Waals surface area contributed by atoms with E-state index in [-0.39, 0.29) is 11.1 Å². The zero-order chi connectivity index (χ0) is 29.0. The van der Waals surface area contributed by atoms with E-state index in [2.05, 4.69) is 0 Å². The van der Waals surface area contributed by atoms with E-state index in [0.29, 0.717) is 48.7 Å². The molecule has 0 unspecified atom stereocenters. The molecule has 0 atom stereocenters. The fourth-order valence-electron chi connectivity index (χ4n) is 6.36. The fraction of sp³-hybridized carbons (Fsp3) is 0.387. The van der Waals surface area contributed by atoms with Crippen LogP contribution < -0.4 is 4.90 Å². The van der Waals surface area contributed by atoms with E-state index in [1.54, 1.807) is 47.8 Å². The number of rotatable bonds is 2. The van der Waals surface area contributed by atoms with Gasteiger partial charge in [-0.05, 0) is 64.1 Å². The summed E-state index contributed by atoms with van der Waals surface area (Å²) in [6, 6.07) is 11.5. The molecule has 0 N–H and O–H groups in total. The molecule has 41 heavy (non-hydrogen) atoms.